The Morgan fingerprint density at radius 1 is 1.38 bits per heavy atom. The van der Waals surface area contributed by atoms with Crippen molar-refractivity contribution in [3.05, 3.63) is 29.3 Å². The summed E-state index contributed by atoms with van der Waals surface area (Å²) >= 11 is 5.74. The Kier molecular flexibility index (Phi) is 3.32. The number of hydrogen-bond donors (Lipinski definition) is 0. The van der Waals surface area contributed by atoms with Gasteiger partial charge in [-0.05, 0) is 31.2 Å². The Morgan fingerprint density at radius 3 is 2.31 bits per heavy atom. The van der Waals surface area contributed by atoms with Crippen molar-refractivity contribution < 1.29 is 4.79 Å². The van der Waals surface area contributed by atoms with E-state index in [-0.39, 0.29) is 5.91 Å². The van der Waals surface area contributed by atoms with Crippen LogP contribution in [-0.4, -0.2) is 12.5 Å². The van der Waals surface area contributed by atoms with Gasteiger partial charge in [-0.25, -0.2) is 0 Å². The molecule has 0 aromatic heterocycles. The number of carbonyl (C=O) groups excluding carboxylic acids is 1. The molecular formula is C10H12ClNO. The first kappa shape index (κ1) is 10.1. The van der Waals surface area contributed by atoms with Gasteiger partial charge < -0.3 is 4.90 Å². The molecule has 0 spiro atoms. The molecule has 2 nitrogen and oxygen atoms in total. The van der Waals surface area contributed by atoms with Crippen LogP contribution in [0.25, 0.3) is 0 Å². The van der Waals surface area contributed by atoms with Gasteiger partial charge in [-0.1, -0.05) is 11.6 Å². The monoisotopic (exact) mass is 197 g/mol. The first-order valence-electron chi connectivity index (χ1n) is 4.19. The predicted molar refractivity (Wildman–Crippen MR) is 55.2 cm³/mol. The second-order valence-electron chi connectivity index (χ2n) is 2.74. The summed E-state index contributed by atoms with van der Waals surface area (Å²) in [5.74, 6) is 0.0461. The maximum Gasteiger partial charge on any atom is 0.223 e. The van der Waals surface area contributed by atoms with Gasteiger partial charge in [-0.15, -0.1) is 0 Å². The molecule has 0 aliphatic rings. The van der Waals surface area contributed by atoms with Crippen LogP contribution in [0, 0.1) is 0 Å². The fraction of sp³-hybridized carbons (Fsp3) is 0.300. The average molecular weight is 198 g/mol. The van der Waals surface area contributed by atoms with Gasteiger partial charge in [0.15, 0.2) is 0 Å². The van der Waals surface area contributed by atoms with Crippen molar-refractivity contribution in [3.8, 4) is 0 Å². The van der Waals surface area contributed by atoms with Gasteiger partial charge in [0.25, 0.3) is 0 Å². The first-order chi connectivity index (χ1) is 6.15. The van der Waals surface area contributed by atoms with E-state index < -0.39 is 0 Å². The molecule has 13 heavy (non-hydrogen) atoms. The Labute approximate surface area is 83.1 Å². The zero-order chi connectivity index (χ0) is 9.84. The summed E-state index contributed by atoms with van der Waals surface area (Å²) in [6.07, 6.45) is 0. The normalized spacial score (nSPS) is 9.77. The molecule has 1 rings (SSSR count). The van der Waals surface area contributed by atoms with E-state index in [2.05, 4.69) is 0 Å². The van der Waals surface area contributed by atoms with E-state index in [0.29, 0.717) is 11.6 Å². The third-order valence-corrected chi connectivity index (χ3v) is 2.09. The molecule has 0 saturated heterocycles. The quantitative estimate of drug-likeness (QED) is 0.714. The van der Waals surface area contributed by atoms with Gasteiger partial charge in [-0.3, -0.25) is 4.79 Å². The van der Waals surface area contributed by atoms with E-state index in [1.54, 1.807) is 24.0 Å². The number of hydrogen-bond acceptors (Lipinski definition) is 1. The fourth-order valence-corrected chi connectivity index (χ4v) is 1.33. The van der Waals surface area contributed by atoms with E-state index >= 15 is 0 Å². The SMILES string of the molecule is CCN(C(C)=O)c1ccc(Cl)cc1. The lowest BCUT2D eigenvalue weighted by molar-refractivity contribution is -0.116. The molecule has 0 fully saturated rings. The van der Waals surface area contributed by atoms with Crippen LogP contribution in [0.4, 0.5) is 5.69 Å². The maximum atomic E-state index is 11.2. The fourth-order valence-electron chi connectivity index (χ4n) is 1.21. The highest BCUT2D eigenvalue weighted by molar-refractivity contribution is 6.30. The molecule has 0 N–H and O–H groups in total. The number of nitrogens with zero attached hydrogens (tertiary/aromatic N) is 1. The van der Waals surface area contributed by atoms with Crippen LogP contribution in [-0.2, 0) is 4.79 Å². The van der Waals surface area contributed by atoms with Crippen molar-refractivity contribution in [2.75, 3.05) is 11.4 Å². The smallest absolute Gasteiger partial charge is 0.223 e. The zero-order valence-corrected chi connectivity index (χ0v) is 8.51. The van der Waals surface area contributed by atoms with Gasteiger partial charge in [0.05, 0.1) is 0 Å². The lowest BCUT2D eigenvalue weighted by atomic mass is 10.3. The van der Waals surface area contributed by atoms with Gasteiger partial charge >= 0.3 is 0 Å². The number of rotatable bonds is 2. The third-order valence-electron chi connectivity index (χ3n) is 1.83. The number of amides is 1. The zero-order valence-electron chi connectivity index (χ0n) is 7.75. The van der Waals surface area contributed by atoms with Gasteiger partial charge in [0, 0.05) is 24.2 Å². The Morgan fingerprint density at radius 2 is 1.92 bits per heavy atom. The summed E-state index contributed by atoms with van der Waals surface area (Å²) in [6, 6.07) is 7.24. The van der Waals surface area contributed by atoms with E-state index in [4.69, 9.17) is 11.6 Å². The number of benzene rings is 1. The molecule has 0 atom stereocenters. The van der Waals surface area contributed by atoms with Crippen LogP contribution in [0.3, 0.4) is 0 Å². The molecule has 1 aromatic carbocycles. The maximum absolute atomic E-state index is 11.2. The molecular weight excluding hydrogens is 186 g/mol. The van der Waals surface area contributed by atoms with Crippen LogP contribution in [0.5, 0.6) is 0 Å². The molecule has 0 bridgehead atoms. The minimum absolute atomic E-state index is 0.0461. The van der Waals surface area contributed by atoms with Gasteiger partial charge in [-0.2, -0.15) is 0 Å². The highest BCUT2D eigenvalue weighted by Crippen LogP contribution is 2.17. The lowest BCUT2D eigenvalue weighted by Gasteiger charge is -2.18. The molecule has 1 amide bonds. The number of anilines is 1. The van der Waals surface area contributed by atoms with Gasteiger partial charge in [0.2, 0.25) is 5.91 Å². The molecule has 0 radical (unpaired) electrons. The van der Waals surface area contributed by atoms with Crippen LogP contribution < -0.4 is 4.90 Å². The molecule has 0 heterocycles. The average Bonchev–Trinajstić information content (AvgIpc) is 2.09. The van der Waals surface area contributed by atoms with Crippen LogP contribution in [0.1, 0.15) is 13.8 Å². The number of halogens is 1. The van der Waals surface area contributed by atoms with Crippen molar-refractivity contribution in [1.82, 2.24) is 0 Å². The highest BCUT2D eigenvalue weighted by Gasteiger charge is 2.07. The van der Waals surface area contributed by atoms with Crippen molar-refractivity contribution >= 4 is 23.2 Å². The summed E-state index contributed by atoms with van der Waals surface area (Å²) in [5.41, 5.74) is 0.888. The molecule has 0 aliphatic heterocycles. The molecule has 0 aliphatic carbocycles. The van der Waals surface area contributed by atoms with Crippen molar-refractivity contribution in [3.63, 3.8) is 0 Å². The van der Waals surface area contributed by atoms with Crippen LogP contribution in [0.2, 0.25) is 5.02 Å². The molecule has 0 unspecified atom stereocenters. The van der Waals surface area contributed by atoms with Crippen LogP contribution >= 0.6 is 11.6 Å². The third kappa shape index (κ3) is 2.46. The van der Waals surface area contributed by atoms with E-state index in [0.717, 1.165) is 5.69 Å². The van der Waals surface area contributed by atoms with Gasteiger partial charge in [0.1, 0.15) is 0 Å². The van der Waals surface area contributed by atoms with Crippen LogP contribution in [0.15, 0.2) is 24.3 Å². The van der Waals surface area contributed by atoms with Crippen molar-refractivity contribution in [2.24, 2.45) is 0 Å². The molecule has 70 valence electrons. The van der Waals surface area contributed by atoms with Crippen molar-refractivity contribution in [2.45, 2.75) is 13.8 Å². The summed E-state index contributed by atoms with van der Waals surface area (Å²) in [7, 11) is 0. The number of carbonyl (C=O) groups is 1. The summed E-state index contributed by atoms with van der Waals surface area (Å²) in [4.78, 5) is 12.8. The largest absolute Gasteiger partial charge is 0.313 e. The highest BCUT2D eigenvalue weighted by atomic mass is 35.5. The lowest BCUT2D eigenvalue weighted by Crippen LogP contribution is -2.27. The Balaban J connectivity index is 2.92. The molecule has 1 aromatic rings. The summed E-state index contributed by atoms with van der Waals surface area (Å²) < 4.78 is 0. The molecule has 0 saturated carbocycles. The summed E-state index contributed by atoms with van der Waals surface area (Å²) in [5, 5.41) is 0.684. The first-order valence-corrected chi connectivity index (χ1v) is 4.56. The molecule has 3 heteroatoms. The summed E-state index contributed by atoms with van der Waals surface area (Å²) in [6.45, 7) is 4.17. The Hall–Kier alpha value is -1.02. The second kappa shape index (κ2) is 4.28. The second-order valence-corrected chi connectivity index (χ2v) is 3.18. The van der Waals surface area contributed by atoms with E-state index in [9.17, 15) is 4.79 Å². The minimum atomic E-state index is 0.0461. The van der Waals surface area contributed by atoms with E-state index in [1.807, 2.05) is 19.1 Å². The van der Waals surface area contributed by atoms with Crippen molar-refractivity contribution in [1.29, 1.82) is 0 Å². The topological polar surface area (TPSA) is 20.3 Å². The standard InChI is InChI=1S/C10H12ClNO/c1-3-12(8(2)13)10-6-4-9(11)5-7-10/h4-7H,3H2,1-2H3. The minimum Gasteiger partial charge on any atom is -0.313 e. The Bertz CT molecular complexity index is 294. The van der Waals surface area contributed by atoms with E-state index in [1.165, 1.54) is 0 Å². The predicted octanol–water partition coefficient (Wildman–Crippen LogP) is 2.71.